The van der Waals surface area contributed by atoms with Crippen LogP contribution in [0.4, 0.5) is 22.0 Å². The van der Waals surface area contributed by atoms with E-state index in [1.807, 2.05) is 13.0 Å². The van der Waals surface area contributed by atoms with Gasteiger partial charge in [-0.05, 0) is 92.7 Å². The molecule has 4 fully saturated rings. The molecule has 2 saturated heterocycles. The molecule has 1 aromatic carbocycles. The van der Waals surface area contributed by atoms with Crippen LogP contribution >= 0.6 is 0 Å². The molecule has 4 heterocycles. The number of fused-ring (bicyclic) bond motifs is 3. The van der Waals surface area contributed by atoms with Crippen LogP contribution in [-0.4, -0.2) is 97.7 Å². The van der Waals surface area contributed by atoms with E-state index in [0.717, 1.165) is 0 Å². The Morgan fingerprint density at radius 2 is 1.85 bits per heavy atom. The number of nitrogens with zero attached hydrogens (tertiary/aromatic N) is 2. The molecule has 1 aromatic heterocycles. The molecule has 62 heavy (non-hydrogen) atoms. The summed E-state index contributed by atoms with van der Waals surface area (Å²) in [6.45, 7) is 1.89. The standard InChI is InChI=1S/C43H52F5N3O10S/c1-25-8-4-5-9-28-21-41(28,39(55)50-62(56,57)40(24-44)12-13-40)22-34(52)33-18-29(60-37-31-19-32(45)35(58-3)17-27(31)10-14-49-37)23-51(33)38(54)30(26(2)16-25)20-36(53)61-42(43(46,47)48)11-6-7-15-59-42/h5,9-10,14,17,19,25-26,28-30,33H,4,6-8,11-13,15-16,18,20-24H2,1-3H3,(H,50,55)/b9-5-/t25-,26+,28+,29+,30-,33-,41+,42?/m0/s1. The third kappa shape index (κ3) is 8.89. The number of esters is 1. The molecule has 7 rings (SSSR count). The summed E-state index contributed by atoms with van der Waals surface area (Å²) in [5.74, 6) is -10.1. The van der Waals surface area contributed by atoms with Gasteiger partial charge in [0.25, 0.3) is 0 Å². The van der Waals surface area contributed by atoms with Crippen LogP contribution in [-0.2, 0) is 38.7 Å². The van der Waals surface area contributed by atoms with Crippen LogP contribution < -0.4 is 14.2 Å². The number of Topliss-reactive ketones (excluding diaryl/α,β-unsaturated/α-hetero) is 1. The third-order valence-corrected chi connectivity index (χ3v) is 15.5. The number of sulfonamides is 1. The van der Waals surface area contributed by atoms with Gasteiger partial charge in [0.15, 0.2) is 17.3 Å². The molecule has 2 saturated carbocycles. The summed E-state index contributed by atoms with van der Waals surface area (Å²) in [6, 6.07) is 2.90. The lowest BCUT2D eigenvalue weighted by molar-refractivity contribution is -0.377. The van der Waals surface area contributed by atoms with Gasteiger partial charge in [0.2, 0.25) is 27.7 Å². The highest BCUT2D eigenvalue weighted by Gasteiger charge is 2.64. The van der Waals surface area contributed by atoms with Crippen LogP contribution in [0.5, 0.6) is 11.6 Å². The first kappa shape index (κ1) is 45.6. The number of rotatable bonds is 10. The molecule has 1 N–H and O–H groups in total. The fraction of sp³-hybridized carbons (Fsp3) is 0.651. The lowest BCUT2D eigenvalue weighted by atomic mass is 9.82. The van der Waals surface area contributed by atoms with Gasteiger partial charge in [-0.3, -0.25) is 23.9 Å². The molecule has 0 radical (unpaired) electrons. The van der Waals surface area contributed by atoms with Crippen LogP contribution in [0.3, 0.4) is 0 Å². The maximum Gasteiger partial charge on any atom is 0.455 e. The second-order valence-electron chi connectivity index (χ2n) is 17.8. The Bertz CT molecular complexity index is 2210. The Morgan fingerprint density at radius 1 is 1.10 bits per heavy atom. The number of carbonyl (C=O) groups excluding carboxylic acids is 4. The number of benzene rings is 1. The van der Waals surface area contributed by atoms with Crippen LogP contribution in [0.15, 0.2) is 36.5 Å². The normalized spacial score (nSPS) is 32.1. The quantitative estimate of drug-likeness (QED) is 0.154. The molecule has 3 aliphatic heterocycles. The van der Waals surface area contributed by atoms with Crippen molar-refractivity contribution in [2.24, 2.45) is 29.1 Å². The zero-order valence-corrected chi connectivity index (χ0v) is 35.6. The van der Waals surface area contributed by atoms with Crippen LogP contribution in [0.2, 0.25) is 0 Å². The summed E-state index contributed by atoms with van der Waals surface area (Å²) < 4.78 is 120. The van der Waals surface area contributed by atoms with Gasteiger partial charge in [0.05, 0.1) is 44.1 Å². The monoisotopic (exact) mass is 897 g/mol. The van der Waals surface area contributed by atoms with Crippen molar-refractivity contribution in [1.82, 2.24) is 14.6 Å². The fourth-order valence-corrected chi connectivity index (χ4v) is 10.8. The molecular formula is C43H52F5N3O10S. The van der Waals surface area contributed by atoms with Crippen LogP contribution in [0, 0.1) is 34.9 Å². The molecule has 2 amide bonds. The molecule has 0 bridgehead atoms. The maximum atomic E-state index is 15.0. The zero-order valence-electron chi connectivity index (χ0n) is 34.8. The second kappa shape index (κ2) is 17.3. The Morgan fingerprint density at radius 3 is 2.52 bits per heavy atom. The minimum Gasteiger partial charge on any atom is -0.494 e. The minimum absolute atomic E-state index is 0.0285. The molecule has 19 heteroatoms. The number of aromatic nitrogens is 1. The highest BCUT2D eigenvalue weighted by molar-refractivity contribution is 7.91. The first-order valence-electron chi connectivity index (χ1n) is 21.1. The van der Waals surface area contributed by atoms with Crippen molar-refractivity contribution in [2.75, 3.05) is 26.9 Å². The molecule has 13 nitrogen and oxygen atoms in total. The van der Waals surface area contributed by atoms with E-state index in [-0.39, 0.29) is 68.2 Å². The van der Waals surface area contributed by atoms with Crippen molar-refractivity contribution in [3.63, 3.8) is 0 Å². The summed E-state index contributed by atoms with van der Waals surface area (Å²) >= 11 is 0. The Hall–Kier alpha value is -4.39. The summed E-state index contributed by atoms with van der Waals surface area (Å²) in [5.41, 5.74) is -1.55. The predicted octanol–water partition coefficient (Wildman–Crippen LogP) is 6.67. The molecule has 340 valence electrons. The van der Waals surface area contributed by atoms with E-state index in [0.29, 0.717) is 31.1 Å². The lowest BCUT2D eigenvalue weighted by Gasteiger charge is -2.38. The van der Waals surface area contributed by atoms with Gasteiger partial charge in [-0.1, -0.05) is 26.0 Å². The largest absolute Gasteiger partial charge is 0.494 e. The maximum absolute atomic E-state index is 15.0. The van der Waals surface area contributed by atoms with Crippen molar-refractivity contribution in [3.05, 3.63) is 42.4 Å². The zero-order chi connectivity index (χ0) is 44.8. The first-order valence-corrected chi connectivity index (χ1v) is 22.6. The summed E-state index contributed by atoms with van der Waals surface area (Å²) in [4.78, 5) is 62.8. The van der Waals surface area contributed by atoms with Crippen molar-refractivity contribution in [2.45, 2.75) is 120 Å². The minimum atomic E-state index is -5.06. The molecule has 2 aliphatic carbocycles. The van der Waals surface area contributed by atoms with Gasteiger partial charge in [-0.15, -0.1) is 0 Å². The van der Waals surface area contributed by atoms with E-state index in [9.17, 15) is 49.5 Å². The van der Waals surface area contributed by atoms with Crippen molar-refractivity contribution < 1.29 is 68.5 Å². The molecule has 2 aromatic rings. The fourth-order valence-electron chi connectivity index (χ4n) is 9.33. The van der Waals surface area contributed by atoms with Crippen LogP contribution in [0.25, 0.3) is 10.8 Å². The van der Waals surface area contributed by atoms with E-state index in [2.05, 4.69) is 9.71 Å². The Balaban J connectivity index is 1.23. The van der Waals surface area contributed by atoms with Crippen LogP contribution in [0.1, 0.15) is 90.9 Å². The number of allylic oxidation sites excluding steroid dienone is 2. The topological polar surface area (TPSA) is 167 Å². The summed E-state index contributed by atoms with van der Waals surface area (Å²) in [7, 11) is -3.14. The molecule has 0 spiro atoms. The van der Waals surface area contributed by atoms with E-state index in [1.165, 1.54) is 30.3 Å². The molecule has 8 atom stereocenters. The number of hydrogen-bond donors (Lipinski definition) is 1. The molecule has 5 aliphatic rings. The number of halogens is 5. The number of pyridine rings is 1. The molecular weight excluding hydrogens is 846 g/mol. The lowest BCUT2D eigenvalue weighted by Crippen LogP contribution is -2.53. The van der Waals surface area contributed by atoms with E-state index >= 15 is 0 Å². The van der Waals surface area contributed by atoms with Crippen molar-refractivity contribution in [1.29, 1.82) is 0 Å². The van der Waals surface area contributed by atoms with Gasteiger partial charge in [0, 0.05) is 30.8 Å². The number of ketones is 1. The highest BCUT2D eigenvalue weighted by Crippen LogP contribution is 2.58. The third-order valence-electron chi connectivity index (χ3n) is 13.4. The number of ether oxygens (including phenoxy) is 4. The van der Waals surface area contributed by atoms with Gasteiger partial charge in [0.1, 0.15) is 17.5 Å². The van der Waals surface area contributed by atoms with Crippen molar-refractivity contribution in [3.8, 4) is 11.6 Å². The first-order chi connectivity index (χ1) is 29.3. The van der Waals surface area contributed by atoms with E-state index in [1.54, 1.807) is 19.1 Å². The number of nitrogens with one attached hydrogen (secondary N) is 1. The Kier molecular flexibility index (Phi) is 12.7. The summed E-state index contributed by atoms with van der Waals surface area (Å²) in [5, 5.41) is 0.760. The second-order valence-corrected chi connectivity index (χ2v) is 19.9. The van der Waals surface area contributed by atoms with Crippen molar-refractivity contribution >= 4 is 44.4 Å². The average molecular weight is 898 g/mol. The van der Waals surface area contributed by atoms with E-state index < -0.39 is 117 Å². The van der Waals surface area contributed by atoms with Gasteiger partial charge in [-0.25, -0.2) is 22.2 Å². The van der Waals surface area contributed by atoms with Gasteiger partial charge >= 0.3 is 17.9 Å². The van der Waals surface area contributed by atoms with E-state index in [4.69, 9.17) is 18.9 Å². The number of alkyl halides is 4. The smallest absolute Gasteiger partial charge is 0.455 e. The number of hydrogen-bond acceptors (Lipinski definition) is 11. The predicted molar refractivity (Wildman–Crippen MR) is 212 cm³/mol. The highest BCUT2D eigenvalue weighted by atomic mass is 32.2. The molecule has 1 unspecified atom stereocenters. The number of amides is 2. The van der Waals surface area contributed by atoms with Gasteiger partial charge < -0.3 is 23.8 Å². The SMILES string of the molecule is COc1cc2ccnc(O[C@@H]3C[C@H]4C(=O)C[C@]5(C(=O)NS(=O)(=O)C6(CF)CC6)C[C@H]5/C=C\CC[C@H](C)C[C@@H](C)[C@H](CC(=O)OC5(C(F)(F)F)CCCCO5)C(=O)N4C3)c2cc1F. The average Bonchev–Trinajstić information content (AvgIpc) is 4.12. The Labute approximate surface area is 356 Å². The summed E-state index contributed by atoms with van der Waals surface area (Å²) in [6.07, 6.45) is -1.04. The van der Waals surface area contributed by atoms with Gasteiger partial charge in [-0.2, -0.15) is 13.2 Å². The number of methoxy groups -OCH3 is 1. The number of carbonyl (C=O) groups is 4.